The van der Waals surface area contributed by atoms with Gasteiger partial charge in [-0.3, -0.25) is 9.78 Å². The third-order valence-corrected chi connectivity index (χ3v) is 3.13. The van der Waals surface area contributed by atoms with Crippen LogP contribution < -0.4 is 5.73 Å². The molecular formula is C14H22N2O. The van der Waals surface area contributed by atoms with Crippen LogP contribution in [0, 0.1) is 12.8 Å². The Bertz CT molecular complexity index is 363. The molecule has 0 aliphatic heterocycles. The second kappa shape index (κ2) is 7.17. The summed E-state index contributed by atoms with van der Waals surface area (Å²) in [4.78, 5) is 16.0. The van der Waals surface area contributed by atoms with Crippen LogP contribution in [-0.2, 0) is 0 Å². The maximum atomic E-state index is 12.0. The van der Waals surface area contributed by atoms with Gasteiger partial charge in [0.25, 0.3) is 0 Å². The molecule has 0 aliphatic rings. The number of hydrogen-bond acceptors (Lipinski definition) is 3. The highest BCUT2D eigenvalue weighted by molar-refractivity contribution is 5.95. The number of nitrogens with two attached hydrogens (primary N) is 1. The van der Waals surface area contributed by atoms with Crippen LogP contribution in [-0.4, -0.2) is 17.3 Å². The first-order valence-corrected chi connectivity index (χ1v) is 6.32. The maximum absolute atomic E-state index is 12.0. The van der Waals surface area contributed by atoms with E-state index in [1.165, 1.54) is 0 Å². The van der Waals surface area contributed by atoms with E-state index in [-0.39, 0.29) is 5.78 Å². The van der Waals surface area contributed by atoms with Crippen molar-refractivity contribution >= 4 is 5.78 Å². The maximum Gasteiger partial charge on any atom is 0.164 e. The van der Waals surface area contributed by atoms with Gasteiger partial charge in [-0.1, -0.05) is 13.3 Å². The Kier molecular flexibility index (Phi) is 5.84. The summed E-state index contributed by atoms with van der Waals surface area (Å²) in [5.41, 5.74) is 7.31. The van der Waals surface area contributed by atoms with Crippen LogP contribution in [0.3, 0.4) is 0 Å². The van der Waals surface area contributed by atoms with Gasteiger partial charge in [-0.05, 0) is 43.9 Å². The lowest BCUT2D eigenvalue weighted by Gasteiger charge is -2.12. The zero-order chi connectivity index (χ0) is 12.7. The predicted octanol–water partition coefficient (Wildman–Crippen LogP) is 2.73. The van der Waals surface area contributed by atoms with E-state index in [2.05, 4.69) is 11.9 Å². The van der Waals surface area contributed by atoms with E-state index in [4.69, 9.17) is 5.73 Å². The number of rotatable bonds is 7. The molecule has 0 bridgehead atoms. The van der Waals surface area contributed by atoms with Gasteiger partial charge in [0.15, 0.2) is 5.78 Å². The summed E-state index contributed by atoms with van der Waals surface area (Å²) >= 11 is 0. The van der Waals surface area contributed by atoms with Gasteiger partial charge in [-0.15, -0.1) is 0 Å². The molecule has 3 nitrogen and oxygen atoms in total. The van der Waals surface area contributed by atoms with Crippen molar-refractivity contribution < 1.29 is 4.79 Å². The Balaban J connectivity index is 2.49. The van der Waals surface area contributed by atoms with Gasteiger partial charge in [0, 0.05) is 24.4 Å². The van der Waals surface area contributed by atoms with E-state index in [0.717, 1.165) is 30.4 Å². The second-order valence-corrected chi connectivity index (χ2v) is 4.56. The van der Waals surface area contributed by atoms with Gasteiger partial charge < -0.3 is 5.73 Å². The van der Waals surface area contributed by atoms with Crippen LogP contribution in [0.5, 0.6) is 0 Å². The largest absolute Gasteiger partial charge is 0.330 e. The Morgan fingerprint density at radius 2 is 2.18 bits per heavy atom. The Labute approximate surface area is 103 Å². The molecule has 0 fully saturated rings. The number of nitrogens with zero attached hydrogens (tertiary/aromatic N) is 1. The molecule has 0 aliphatic carbocycles. The van der Waals surface area contributed by atoms with Gasteiger partial charge in [0.1, 0.15) is 0 Å². The summed E-state index contributed by atoms with van der Waals surface area (Å²) in [6.45, 7) is 4.81. The van der Waals surface area contributed by atoms with E-state index in [0.29, 0.717) is 18.9 Å². The summed E-state index contributed by atoms with van der Waals surface area (Å²) in [5.74, 6) is 0.762. The summed E-state index contributed by atoms with van der Waals surface area (Å²) in [6, 6.07) is 1.90. The zero-order valence-electron chi connectivity index (χ0n) is 10.8. The number of aromatic nitrogens is 1. The zero-order valence-corrected chi connectivity index (χ0v) is 10.8. The van der Waals surface area contributed by atoms with Crippen LogP contribution in [0.4, 0.5) is 0 Å². The molecule has 1 heterocycles. The molecule has 1 rings (SSSR count). The Hall–Kier alpha value is -1.22. The van der Waals surface area contributed by atoms with Crippen molar-refractivity contribution in [2.24, 2.45) is 11.7 Å². The average molecular weight is 234 g/mol. The molecule has 1 unspecified atom stereocenters. The SMILES string of the molecule is CCC(CCN)CCC(=O)c1cncc(C)c1. The fraction of sp³-hybridized carbons (Fsp3) is 0.571. The van der Waals surface area contributed by atoms with Gasteiger partial charge in [-0.2, -0.15) is 0 Å². The number of hydrogen-bond donors (Lipinski definition) is 1. The monoisotopic (exact) mass is 234 g/mol. The summed E-state index contributed by atoms with van der Waals surface area (Å²) < 4.78 is 0. The summed E-state index contributed by atoms with van der Waals surface area (Å²) in [6.07, 6.45) is 7.05. The fourth-order valence-electron chi connectivity index (χ4n) is 1.98. The van der Waals surface area contributed by atoms with Crippen molar-refractivity contribution in [2.75, 3.05) is 6.54 Å². The van der Waals surface area contributed by atoms with Crippen LogP contribution >= 0.6 is 0 Å². The molecule has 3 heteroatoms. The summed E-state index contributed by atoms with van der Waals surface area (Å²) in [5, 5.41) is 0. The standard InChI is InChI=1S/C14H22N2O/c1-3-12(6-7-15)4-5-14(17)13-8-11(2)9-16-10-13/h8-10,12H,3-7,15H2,1-2H3. The van der Waals surface area contributed by atoms with Crippen molar-refractivity contribution in [3.05, 3.63) is 29.6 Å². The Morgan fingerprint density at radius 1 is 1.41 bits per heavy atom. The molecule has 0 saturated carbocycles. The van der Waals surface area contributed by atoms with E-state index >= 15 is 0 Å². The molecular weight excluding hydrogens is 212 g/mol. The predicted molar refractivity (Wildman–Crippen MR) is 70.0 cm³/mol. The number of carbonyl (C=O) groups excluding carboxylic acids is 1. The lowest BCUT2D eigenvalue weighted by atomic mass is 9.94. The van der Waals surface area contributed by atoms with Gasteiger partial charge in [0.2, 0.25) is 0 Å². The quantitative estimate of drug-likeness (QED) is 0.738. The molecule has 17 heavy (non-hydrogen) atoms. The van der Waals surface area contributed by atoms with Gasteiger partial charge in [-0.25, -0.2) is 0 Å². The highest BCUT2D eigenvalue weighted by Crippen LogP contribution is 2.16. The van der Waals surface area contributed by atoms with Crippen molar-refractivity contribution in [3.63, 3.8) is 0 Å². The highest BCUT2D eigenvalue weighted by Gasteiger charge is 2.11. The lowest BCUT2D eigenvalue weighted by molar-refractivity contribution is 0.0972. The van der Waals surface area contributed by atoms with Crippen molar-refractivity contribution in [1.29, 1.82) is 0 Å². The molecule has 2 N–H and O–H groups in total. The molecule has 0 amide bonds. The van der Waals surface area contributed by atoms with Crippen LogP contribution in [0.25, 0.3) is 0 Å². The van der Waals surface area contributed by atoms with Crippen molar-refractivity contribution in [1.82, 2.24) is 4.98 Å². The molecule has 0 aromatic carbocycles. The molecule has 94 valence electrons. The molecule has 0 radical (unpaired) electrons. The van der Waals surface area contributed by atoms with Gasteiger partial charge in [0.05, 0.1) is 0 Å². The third kappa shape index (κ3) is 4.65. The molecule has 0 saturated heterocycles. The van der Waals surface area contributed by atoms with E-state index < -0.39 is 0 Å². The topological polar surface area (TPSA) is 56.0 Å². The number of Topliss-reactive ketones (excluding diaryl/α,β-unsaturated/α-hetero) is 1. The number of aryl methyl sites for hydroxylation is 1. The minimum atomic E-state index is 0.191. The third-order valence-electron chi connectivity index (χ3n) is 3.13. The number of pyridine rings is 1. The van der Waals surface area contributed by atoms with Gasteiger partial charge >= 0.3 is 0 Å². The first kappa shape index (κ1) is 13.8. The molecule has 1 atom stereocenters. The van der Waals surface area contributed by atoms with Crippen LogP contribution in [0.15, 0.2) is 18.5 Å². The lowest BCUT2D eigenvalue weighted by Crippen LogP contribution is -2.10. The molecule has 1 aromatic rings. The first-order valence-electron chi connectivity index (χ1n) is 6.32. The van der Waals surface area contributed by atoms with Crippen LogP contribution in [0.2, 0.25) is 0 Å². The fourth-order valence-corrected chi connectivity index (χ4v) is 1.98. The average Bonchev–Trinajstić information content (AvgIpc) is 2.34. The van der Waals surface area contributed by atoms with E-state index in [1.54, 1.807) is 12.4 Å². The second-order valence-electron chi connectivity index (χ2n) is 4.56. The number of ketones is 1. The highest BCUT2D eigenvalue weighted by atomic mass is 16.1. The minimum Gasteiger partial charge on any atom is -0.330 e. The minimum absolute atomic E-state index is 0.191. The van der Waals surface area contributed by atoms with E-state index in [1.807, 2.05) is 13.0 Å². The summed E-state index contributed by atoms with van der Waals surface area (Å²) in [7, 11) is 0. The normalized spacial score (nSPS) is 12.4. The van der Waals surface area contributed by atoms with Crippen molar-refractivity contribution in [2.45, 2.75) is 39.5 Å². The van der Waals surface area contributed by atoms with Crippen LogP contribution in [0.1, 0.15) is 48.5 Å². The Morgan fingerprint density at radius 3 is 2.76 bits per heavy atom. The smallest absolute Gasteiger partial charge is 0.164 e. The number of carbonyl (C=O) groups is 1. The molecule has 0 spiro atoms. The van der Waals surface area contributed by atoms with E-state index in [9.17, 15) is 4.79 Å². The molecule has 1 aromatic heterocycles. The first-order chi connectivity index (χ1) is 8.17. The van der Waals surface area contributed by atoms with Crippen molar-refractivity contribution in [3.8, 4) is 0 Å².